The normalized spacial score (nSPS) is 12.2. The zero-order valence-corrected chi connectivity index (χ0v) is 13.4. The lowest BCUT2D eigenvalue weighted by atomic mass is 10.1. The second kappa shape index (κ2) is 6.70. The molecular formula is C19H17N5O. The van der Waals surface area contributed by atoms with E-state index in [1.165, 1.54) is 0 Å². The Morgan fingerprint density at radius 3 is 2.76 bits per heavy atom. The summed E-state index contributed by atoms with van der Waals surface area (Å²) < 4.78 is 0. The predicted octanol–water partition coefficient (Wildman–Crippen LogP) is 3.17. The maximum Gasteiger partial charge on any atom is 0.181 e. The van der Waals surface area contributed by atoms with Crippen LogP contribution in [0.25, 0.3) is 22.4 Å². The Balaban J connectivity index is 1.54. The van der Waals surface area contributed by atoms with Gasteiger partial charge >= 0.3 is 0 Å². The van der Waals surface area contributed by atoms with Gasteiger partial charge in [-0.15, -0.1) is 0 Å². The van der Waals surface area contributed by atoms with Crippen LogP contribution in [-0.4, -0.2) is 31.8 Å². The second-order valence-electron chi connectivity index (χ2n) is 5.69. The first-order valence-electron chi connectivity index (χ1n) is 8.04. The molecule has 0 fully saturated rings. The van der Waals surface area contributed by atoms with Crippen molar-refractivity contribution >= 4 is 16.9 Å². The van der Waals surface area contributed by atoms with Gasteiger partial charge in [0.15, 0.2) is 5.65 Å². The van der Waals surface area contributed by atoms with Crippen molar-refractivity contribution in [1.82, 2.24) is 20.2 Å². The largest absolute Gasteiger partial charge is 0.387 e. The number of aliphatic hydroxyl groups is 1. The number of hydrogen-bond acceptors (Lipinski definition) is 5. The van der Waals surface area contributed by atoms with E-state index in [1.807, 2.05) is 60.7 Å². The van der Waals surface area contributed by atoms with Gasteiger partial charge in [0, 0.05) is 18.1 Å². The molecule has 3 heterocycles. The summed E-state index contributed by atoms with van der Waals surface area (Å²) in [6.45, 7) is 0.381. The van der Waals surface area contributed by atoms with Crippen LogP contribution in [0.2, 0.25) is 0 Å². The highest BCUT2D eigenvalue weighted by Crippen LogP contribution is 2.24. The van der Waals surface area contributed by atoms with Crippen molar-refractivity contribution in [3.63, 3.8) is 0 Å². The lowest BCUT2D eigenvalue weighted by Crippen LogP contribution is -2.12. The number of aliphatic hydroxyl groups excluding tert-OH is 1. The molecule has 0 unspecified atom stereocenters. The minimum atomic E-state index is -0.594. The molecular weight excluding hydrogens is 314 g/mol. The van der Waals surface area contributed by atoms with Gasteiger partial charge in [0.05, 0.1) is 17.5 Å². The molecule has 0 aliphatic heterocycles. The lowest BCUT2D eigenvalue weighted by molar-refractivity contribution is 0.191. The van der Waals surface area contributed by atoms with Crippen LogP contribution in [-0.2, 0) is 0 Å². The van der Waals surface area contributed by atoms with Crippen LogP contribution in [0.3, 0.4) is 0 Å². The molecule has 3 N–H and O–H groups in total. The van der Waals surface area contributed by atoms with E-state index >= 15 is 0 Å². The maximum absolute atomic E-state index is 10.3. The van der Waals surface area contributed by atoms with E-state index in [2.05, 4.69) is 25.5 Å². The van der Waals surface area contributed by atoms with Crippen molar-refractivity contribution in [2.24, 2.45) is 0 Å². The molecule has 1 aromatic carbocycles. The molecule has 124 valence electrons. The third-order valence-corrected chi connectivity index (χ3v) is 4.00. The number of H-pyrrole nitrogens is 1. The Morgan fingerprint density at radius 1 is 1.00 bits per heavy atom. The molecule has 0 aliphatic carbocycles. The molecule has 0 bridgehead atoms. The Morgan fingerprint density at radius 2 is 1.88 bits per heavy atom. The number of hydrogen-bond donors (Lipinski definition) is 3. The van der Waals surface area contributed by atoms with E-state index in [0.717, 1.165) is 22.3 Å². The highest BCUT2D eigenvalue weighted by molar-refractivity contribution is 5.89. The van der Waals surface area contributed by atoms with Crippen molar-refractivity contribution in [3.8, 4) is 11.4 Å². The molecule has 0 saturated carbocycles. The third kappa shape index (κ3) is 3.20. The summed E-state index contributed by atoms with van der Waals surface area (Å²) in [5.41, 5.74) is 3.14. The molecule has 0 amide bonds. The monoisotopic (exact) mass is 331 g/mol. The summed E-state index contributed by atoms with van der Waals surface area (Å²) >= 11 is 0. The summed E-state index contributed by atoms with van der Waals surface area (Å²) in [5, 5.41) is 21.6. The van der Waals surface area contributed by atoms with Gasteiger partial charge in [0.25, 0.3) is 0 Å². The number of nitrogens with one attached hydrogen (secondary N) is 2. The number of aromatic amines is 1. The smallest absolute Gasteiger partial charge is 0.181 e. The lowest BCUT2D eigenvalue weighted by Gasteiger charge is -2.13. The van der Waals surface area contributed by atoms with Gasteiger partial charge in [-0.2, -0.15) is 5.10 Å². The maximum atomic E-state index is 10.3. The average molecular weight is 331 g/mol. The van der Waals surface area contributed by atoms with Gasteiger partial charge in [-0.05, 0) is 29.8 Å². The number of anilines is 1. The summed E-state index contributed by atoms with van der Waals surface area (Å²) in [5.74, 6) is 0.694. The zero-order valence-electron chi connectivity index (χ0n) is 13.4. The van der Waals surface area contributed by atoms with E-state index in [1.54, 1.807) is 6.20 Å². The molecule has 3 aromatic heterocycles. The van der Waals surface area contributed by atoms with E-state index < -0.39 is 6.10 Å². The van der Waals surface area contributed by atoms with Gasteiger partial charge in [-0.25, -0.2) is 9.97 Å². The SMILES string of the molecule is O[C@@H](CNc1cccc(-c2[nH]nc3ncccc23)n1)c1ccccc1. The zero-order chi connectivity index (χ0) is 17.1. The molecule has 6 heteroatoms. The molecule has 0 spiro atoms. The Labute approximate surface area is 144 Å². The van der Waals surface area contributed by atoms with Gasteiger partial charge in [-0.1, -0.05) is 36.4 Å². The number of rotatable bonds is 5. The van der Waals surface area contributed by atoms with Crippen molar-refractivity contribution in [2.75, 3.05) is 11.9 Å². The van der Waals surface area contributed by atoms with Crippen LogP contribution in [0.4, 0.5) is 5.82 Å². The topological polar surface area (TPSA) is 86.7 Å². The number of nitrogens with zero attached hydrogens (tertiary/aromatic N) is 3. The first kappa shape index (κ1) is 15.3. The molecule has 1 atom stereocenters. The number of fused-ring (bicyclic) bond motifs is 1. The minimum absolute atomic E-state index is 0.381. The quantitative estimate of drug-likeness (QED) is 0.523. The number of aromatic nitrogens is 4. The van der Waals surface area contributed by atoms with Crippen molar-refractivity contribution in [1.29, 1.82) is 0 Å². The van der Waals surface area contributed by atoms with Crippen LogP contribution in [0.1, 0.15) is 11.7 Å². The summed E-state index contributed by atoms with van der Waals surface area (Å²) in [7, 11) is 0. The molecule has 0 saturated heterocycles. The van der Waals surface area contributed by atoms with Gasteiger partial charge < -0.3 is 10.4 Å². The average Bonchev–Trinajstić information content (AvgIpc) is 3.11. The molecule has 4 rings (SSSR count). The van der Waals surface area contributed by atoms with E-state index in [-0.39, 0.29) is 0 Å². The molecule has 4 aromatic rings. The van der Waals surface area contributed by atoms with Crippen molar-refractivity contribution in [3.05, 3.63) is 72.4 Å². The fraction of sp³-hybridized carbons (Fsp3) is 0.105. The van der Waals surface area contributed by atoms with Crippen molar-refractivity contribution in [2.45, 2.75) is 6.10 Å². The molecule has 0 aliphatic rings. The van der Waals surface area contributed by atoms with Gasteiger partial charge in [0.1, 0.15) is 5.82 Å². The van der Waals surface area contributed by atoms with Gasteiger partial charge in [-0.3, -0.25) is 5.10 Å². The number of pyridine rings is 2. The van der Waals surface area contributed by atoms with Crippen molar-refractivity contribution < 1.29 is 5.11 Å². The fourth-order valence-corrected chi connectivity index (χ4v) is 2.71. The Kier molecular flexibility index (Phi) is 4.10. The summed E-state index contributed by atoms with van der Waals surface area (Å²) in [4.78, 5) is 8.83. The van der Waals surface area contributed by atoms with E-state index in [9.17, 15) is 5.11 Å². The highest BCUT2D eigenvalue weighted by Gasteiger charge is 2.11. The summed E-state index contributed by atoms with van der Waals surface area (Å²) in [6, 6.07) is 19.1. The third-order valence-electron chi connectivity index (χ3n) is 4.00. The number of benzene rings is 1. The molecule has 6 nitrogen and oxygen atoms in total. The Bertz CT molecular complexity index is 983. The van der Waals surface area contributed by atoms with E-state index in [0.29, 0.717) is 18.0 Å². The predicted molar refractivity (Wildman–Crippen MR) is 97.0 cm³/mol. The fourth-order valence-electron chi connectivity index (χ4n) is 2.71. The van der Waals surface area contributed by atoms with Crippen LogP contribution < -0.4 is 5.32 Å². The first-order valence-corrected chi connectivity index (χ1v) is 8.04. The first-order chi connectivity index (χ1) is 12.3. The van der Waals surface area contributed by atoms with Crippen LogP contribution in [0.15, 0.2) is 66.9 Å². The standard InChI is InChI=1S/C19H17N5O/c25-16(13-6-2-1-3-7-13)12-21-17-10-4-9-15(22-17)18-14-8-5-11-20-19(14)24-23-18/h1-11,16,25H,12H2,(H,21,22)(H,20,23,24)/t16-/m0/s1. The Hall–Kier alpha value is -3.25. The van der Waals surface area contributed by atoms with Crippen LogP contribution in [0, 0.1) is 0 Å². The van der Waals surface area contributed by atoms with E-state index in [4.69, 9.17) is 0 Å². The van der Waals surface area contributed by atoms with Crippen LogP contribution >= 0.6 is 0 Å². The second-order valence-corrected chi connectivity index (χ2v) is 5.69. The molecule has 25 heavy (non-hydrogen) atoms. The van der Waals surface area contributed by atoms with Crippen LogP contribution in [0.5, 0.6) is 0 Å². The van der Waals surface area contributed by atoms with Gasteiger partial charge in [0.2, 0.25) is 0 Å². The summed E-state index contributed by atoms with van der Waals surface area (Å²) in [6.07, 6.45) is 1.12. The molecule has 0 radical (unpaired) electrons. The highest BCUT2D eigenvalue weighted by atomic mass is 16.3. The minimum Gasteiger partial charge on any atom is -0.387 e.